The van der Waals surface area contributed by atoms with Crippen molar-refractivity contribution in [3.63, 3.8) is 0 Å². The van der Waals surface area contributed by atoms with Gasteiger partial charge in [0.2, 0.25) is 5.91 Å². The predicted octanol–water partition coefficient (Wildman–Crippen LogP) is 1.93. The summed E-state index contributed by atoms with van der Waals surface area (Å²) < 4.78 is 2.15. The summed E-state index contributed by atoms with van der Waals surface area (Å²) in [7, 11) is 3.67. The van der Waals surface area contributed by atoms with Crippen molar-refractivity contribution in [1.82, 2.24) is 25.1 Å². The lowest BCUT2D eigenvalue weighted by molar-refractivity contribution is -0.124. The number of fused-ring (bicyclic) bond motifs is 1. The highest BCUT2D eigenvalue weighted by Gasteiger charge is 2.34. The Balaban J connectivity index is 2.01. The van der Waals surface area contributed by atoms with Crippen LogP contribution in [0.15, 0.2) is 30.3 Å². The molecule has 156 valence electrons. The van der Waals surface area contributed by atoms with Crippen LogP contribution in [-0.4, -0.2) is 59.5 Å². The number of nitrogens with one attached hydrogen (secondary N) is 2. The van der Waals surface area contributed by atoms with Crippen molar-refractivity contribution in [3.05, 3.63) is 41.7 Å². The molecule has 29 heavy (non-hydrogen) atoms. The van der Waals surface area contributed by atoms with E-state index in [2.05, 4.69) is 27.1 Å². The fraction of sp³-hybridized carbons (Fsp3) is 0.500. The molecule has 0 radical (unpaired) electrons. The quantitative estimate of drug-likeness (QED) is 0.826. The maximum atomic E-state index is 13.3. The molecule has 0 spiro atoms. The maximum absolute atomic E-state index is 13.3. The van der Waals surface area contributed by atoms with Crippen LogP contribution >= 0.6 is 0 Å². The Morgan fingerprint density at radius 1 is 1.10 bits per heavy atom. The first-order chi connectivity index (χ1) is 13.7. The second-order valence-electron chi connectivity index (χ2n) is 8.69. The topological polar surface area (TPSA) is 79.3 Å². The fourth-order valence-electron chi connectivity index (χ4n) is 3.67. The fourth-order valence-corrected chi connectivity index (χ4v) is 3.67. The molecule has 1 aliphatic heterocycles. The van der Waals surface area contributed by atoms with Gasteiger partial charge in [0.25, 0.3) is 5.91 Å². The molecule has 2 N–H and O–H groups in total. The molecule has 2 heterocycles. The van der Waals surface area contributed by atoms with Crippen molar-refractivity contribution in [1.29, 1.82) is 0 Å². The molecule has 7 heteroatoms. The number of hydrogen-bond donors (Lipinski definition) is 2. The van der Waals surface area contributed by atoms with Crippen LogP contribution in [0.25, 0.3) is 11.4 Å². The van der Waals surface area contributed by atoms with Crippen LogP contribution in [0.2, 0.25) is 0 Å². The Kier molecular flexibility index (Phi) is 6.07. The van der Waals surface area contributed by atoms with E-state index >= 15 is 0 Å². The average molecular weight is 398 g/mol. The van der Waals surface area contributed by atoms with Gasteiger partial charge in [0, 0.05) is 38.7 Å². The highest BCUT2D eigenvalue weighted by atomic mass is 16.2. The van der Waals surface area contributed by atoms with Crippen molar-refractivity contribution in [2.45, 2.75) is 39.8 Å². The van der Waals surface area contributed by atoms with Gasteiger partial charge in [-0.1, -0.05) is 51.1 Å². The Labute approximate surface area is 172 Å². The minimum Gasteiger partial charge on any atom is -0.357 e. The van der Waals surface area contributed by atoms with E-state index in [1.165, 1.54) is 0 Å². The first kappa shape index (κ1) is 21.0. The minimum atomic E-state index is -0.647. The first-order valence-electron chi connectivity index (χ1n) is 10.1. The van der Waals surface area contributed by atoms with Gasteiger partial charge < -0.3 is 20.1 Å². The summed E-state index contributed by atoms with van der Waals surface area (Å²) in [5, 5.41) is 5.58. The molecular formula is C22H31N5O2. The molecular weight excluding hydrogens is 366 g/mol. The van der Waals surface area contributed by atoms with Crippen LogP contribution in [-0.2, 0) is 17.8 Å². The average Bonchev–Trinajstić information content (AvgIpc) is 2.95. The Bertz CT molecular complexity index is 883. The first-order valence-corrected chi connectivity index (χ1v) is 10.1. The Morgan fingerprint density at radius 2 is 1.79 bits per heavy atom. The normalized spacial score (nSPS) is 15.9. The van der Waals surface area contributed by atoms with Crippen LogP contribution in [0.4, 0.5) is 0 Å². The van der Waals surface area contributed by atoms with E-state index in [4.69, 9.17) is 4.98 Å². The molecule has 3 rings (SSSR count). The summed E-state index contributed by atoms with van der Waals surface area (Å²) >= 11 is 0. The number of aromatic nitrogens is 2. The molecule has 1 aromatic heterocycles. The van der Waals surface area contributed by atoms with E-state index in [9.17, 15) is 9.59 Å². The number of likely N-dealkylation sites (N-methyl/N-ethyl adjacent to an activating group) is 2. The van der Waals surface area contributed by atoms with Crippen LogP contribution in [0.1, 0.15) is 37.0 Å². The third kappa shape index (κ3) is 4.50. The van der Waals surface area contributed by atoms with Crippen LogP contribution in [0.5, 0.6) is 0 Å². The smallest absolute Gasteiger partial charge is 0.272 e. The molecule has 7 nitrogen and oxygen atoms in total. The standard InChI is InChI=1S/C22H31N5O2/c1-22(2,3)18(21(29)23-4)25-20(28)17-16-11-12-26(5)13-14-27(16)19(24-17)15-9-7-6-8-10-15/h6-10,18H,11-14H2,1-5H3,(H,23,29)(H,25,28)/t18-/m1/s1. The minimum absolute atomic E-state index is 0.209. The van der Waals surface area contributed by atoms with Gasteiger partial charge in [-0.3, -0.25) is 9.59 Å². The summed E-state index contributed by atoms with van der Waals surface area (Å²) in [5.41, 5.74) is 1.90. The number of hydrogen-bond acceptors (Lipinski definition) is 4. The molecule has 0 bridgehead atoms. The molecule has 0 unspecified atom stereocenters. The summed E-state index contributed by atoms with van der Waals surface area (Å²) in [6, 6.07) is 9.28. The summed E-state index contributed by atoms with van der Waals surface area (Å²) in [6.45, 7) is 8.33. The van der Waals surface area contributed by atoms with Gasteiger partial charge in [0.1, 0.15) is 17.6 Å². The number of rotatable bonds is 4. The zero-order valence-electron chi connectivity index (χ0n) is 18.0. The highest BCUT2D eigenvalue weighted by molar-refractivity contribution is 5.97. The second-order valence-corrected chi connectivity index (χ2v) is 8.69. The largest absolute Gasteiger partial charge is 0.357 e. The zero-order chi connectivity index (χ0) is 21.2. The van der Waals surface area contributed by atoms with Crippen molar-refractivity contribution in [2.24, 2.45) is 5.41 Å². The third-order valence-corrected chi connectivity index (χ3v) is 5.41. The Morgan fingerprint density at radius 3 is 2.41 bits per heavy atom. The predicted molar refractivity (Wildman–Crippen MR) is 114 cm³/mol. The zero-order valence-corrected chi connectivity index (χ0v) is 18.0. The molecule has 2 aromatic rings. The summed E-state index contributed by atoms with van der Waals surface area (Å²) in [5.74, 6) is 0.288. The van der Waals surface area contributed by atoms with Crippen molar-refractivity contribution in [2.75, 3.05) is 27.2 Å². The van der Waals surface area contributed by atoms with Gasteiger partial charge in [0.15, 0.2) is 0 Å². The molecule has 0 fully saturated rings. The van der Waals surface area contributed by atoms with Gasteiger partial charge in [-0.2, -0.15) is 0 Å². The van der Waals surface area contributed by atoms with E-state index in [-0.39, 0.29) is 11.8 Å². The molecule has 0 saturated heterocycles. The molecule has 1 aliphatic rings. The van der Waals surface area contributed by atoms with E-state index in [1.807, 2.05) is 51.1 Å². The van der Waals surface area contributed by atoms with Crippen molar-refractivity contribution >= 4 is 11.8 Å². The van der Waals surface area contributed by atoms with Crippen molar-refractivity contribution in [3.8, 4) is 11.4 Å². The number of imidazole rings is 1. The van der Waals surface area contributed by atoms with Crippen LogP contribution in [0, 0.1) is 5.41 Å². The van der Waals surface area contributed by atoms with Crippen LogP contribution < -0.4 is 10.6 Å². The lowest BCUT2D eigenvalue weighted by atomic mass is 9.86. The molecule has 2 amide bonds. The van der Waals surface area contributed by atoms with E-state index < -0.39 is 11.5 Å². The summed E-state index contributed by atoms with van der Waals surface area (Å²) in [6.07, 6.45) is 0.735. The maximum Gasteiger partial charge on any atom is 0.272 e. The highest BCUT2D eigenvalue weighted by Crippen LogP contribution is 2.26. The van der Waals surface area contributed by atoms with Crippen molar-refractivity contribution < 1.29 is 9.59 Å². The Hall–Kier alpha value is -2.67. The van der Waals surface area contributed by atoms with Gasteiger partial charge >= 0.3 is 0 Å². The SMILES string of the molecule is CNC(=O)[C@@H](NC(=O)c1nc(-c2ccccc2)n2c1CCN(C)CC2)C(C)(C)C. The lowest BCUT2D eigenvalue weighted by Crippen LogP contribution is -2.53. The molecule has 1 aromatic carbocycles. The number of carbonyl (C=O) groups is 2. The molecule has 1 atom stereocenters. The monoisotopic (exact) mass is 397 g/mol. The van der Waals surface area contributed by atoms with E-state index in [1.54, 1.807) is 7.05 Å². The van der Waals surface area contributed by atoms with Gasteiger partial charge in [-0.05, 0) is 12.5 Å². The van der Waals surface area contributed by atoms with Crippen LogP contribution in [0.3, 0.4) is 0 Å². The molecule has 0 aliphatic carbocycles. The number of benzene rings is 1. The second kappa shape index (κ2) is 8.37. The number of amides is 2. The van der Waals surface area contributed by atoms with E-state index in [0.717, 1.165) is 43.1 Å². The summed E-state index contributed by atoms with van der Waals surface area (Å²) in [4.78, 5) is 32.6. The third-order valence-electron chi connectivity index (χ3n) is 5.41. The number of nitrogens with zero attached hydrogens (tertiary/aromatic N) is 3. The number of carbonyl (C=O) groups excluding carboxylic acids is 2. The molecule has 0 saturated carbocycles. The van der Waals surface area contributed by atoms with E-state index in [0.29, 0.717) is 5.69 Å². The van der Waals surface area contributed by atoms with Gasteiger partial charge in [0.05, 0.1) is 5.69 Å². The lowest BCUT2D eigenvalue weighted by Gasteiger charge is -2.29. The van der Waals surface area contributed by atoms with Gasteiger partial charge in [-0.25, -0.2) is 4.98 Å². The van der Waals surface area contributed by atoms with Gasteiger partial charge in [-0.15, -0.1) is 0 Å².